The molecule has 1 amide bonds. The number of likely N-dealkylation sites (tertiary alicyclic amines) is 1. The van der Waals surface area contributed by atoms with Crippen LogP contribution in [0.15, 0.2) is 36.7 Å². The lowest BCUT2D eigenvalue weighted by molar-refractivity contribution is -0.115. The van der Waals surface area contributed by atoms with E-state index in [1.54, 1.807) is 17.2 Å². The average Bonchev–Trinajstić information content (AvgIpc) is 2.82. The van der Waals surface area contributed by atoms with Gasteiger partial charge >= 0.3 is 0 Å². The molecule has 1 fully saturated rings. The van der Waals surface area contributed by atoms with Gasteiger partial charge in [-0.05, 0) is 50.1 Å². The number of ether oxygens (including phenoxy) is 1. The maximum atomic E-state index is 12.6. The molecular weight excluding hydrogens is 440 g/mol. The van der Waals surface area contributed by atoms with Crippen molar-refractivity contribution in [2.75, 3.05) is 38.5 Å². The van der Waals surface area contributed by atoms with Crippen LogP contribution >= 0.6 is 11.6 Å². The number of nitrogens with zero attached hydrogens (tertiary/aromatic N) is 5. The zero-order valence-corrected chi connectivity index (χ0v) is 19.4. The predicted octanol–water partition coefficient (Wildman–Crippen LogP) is 3.35. The monoisotopic (exact) mass is 466 g/mol. The van der Waals surface area contributed by atoms with Crippen LogP contribution in [0.1, 0.15) is 30.5 Å². The molecule has 9 heteroatoms. The third-order valence-corrected chi connectivity index (χ3v) is 6.06. The summed E-state index contributed by atoms with van der Waals surface area (Å²) in [5.74, 6) is 0.729. The standard InChI is InChI=1S/C24H27ClN6O2/c1-30-8-3-5-19(15-30)33-22-11-23(28-13-20(22)25)29-24(32)10-17-6-7-21(27-12-17)18-4-2-9-31(14-18)16-26/h4,6-7,11-13,19H,2-3,5,8-10,14-15H2,1H3,(H,28,29,32)/t19-/m0/s1. The summed E-state index contributed by atoms with van der Waals surface area (Å²) in [6.07, 6.45) is 10.6. The molecule has 1 saturated heterocycles. The number of amides is 1. The third-order valence-electron chi connectivity index (χ3n) is 5.77. The van der Waals surface area contributed by atoms with E-state index in [1.807, 2.05) is 12.1 Å². The zero-order valence-electron chi connectivity index (χ0n) is 18.6. The van der Waals surface area contributed by atoms with Crippen molar-refractivity contribution in [1.82, 2.24) is 19.8 Å². The Kier molecular flexibility index (Phi) is 7.43. The zero-order chi connectivity index (χ0) is 23.2. The van der Waals surface area contributed by atoms with Gasteiger partial charge in [0.15, 0.2) is 6.19 Å². The number of hydrogen-bond acceptors (Lipinski definition) is 7. The highest BCUT2D eigenvalue weighted by atomic mass is 35.5. The van der Waals surface area contributed by atoms with Crippen LogP contribution in [0.25, 0.3) is 5.57 Å². The SMILES string of the molecule is CN1CCC[C@H](Oc2cc(NC(=O)Cc3ccc(C4=CCCN(C#N)C4)nc3)ncc2Cl)C1. The van der Waals surface area contributed by atoms with Crippen molar-refractivity contribution < 1.29 is 9.53 Å². The number of halogens is 1. The number of aromatic nitrogens is 2. The van der Waals surface area contributed by atoms with Gasteiger partial charge in [0.05, 0.1) is 24.9 Å². The molecule has 172 valence electrons. The quantitative estimate of drug-likeness (QED) is 0.652. The lowest BCUT2D eigenvalue weighted by Crippen LogP contribution is -2.38. The number of carbonyl (C=O) groups is 1. The molecule has 0 bridgehead atoms. The van der Waals surface area contributed by atoms with Gasteiger partial charge in [0.2, 0.25) is 5.91 Å². The summed E-state index contributed by atoms with van der Waals surface area (Å²) >= 11 is 6.27. The molecule has 1 atom stereocenters. The normalized spacial score (nSPS) is 18.9. The number of anilines is 1. The van der Waals surface area contributed by atoms with E-state index in [9.17, 15) is 4.79 Å². The number of nitriles is 1. The number of carbonyl (C=O) groups excluding carboxylic acids is 1. The smallest absolute Gasteiger partial charge is 0.230 e. The lowest BCUT2D eigenvalue weighted by Gasteiger charge is -2.30. The van der Waals surface area contributed by atoms with Crippen molar-refractivity contribution in [3.05, 3.63) is 52.9 Å². The van der Waals surface area contributed by atoms with E-state index >= 15 is 0 Å². The number of piperidine rings is 1. The Bertz CT molecular complexity index is 1070. The molecule has 2 aromatic heterocycles. The summed E-state index contributed by atoms with van der Waals surface area (Å²) in [7, 11) is 2.07. The first kappa shape index (κ1) is 23.0. The summed E-state index contributed by atoms with van der Waals surface area (Å²) < 4.78 is 6.08. The highest BCUT2D eigenvalue weighted by Gasteiger charge is 2.20. The molecule has 0 aliphatic carbocycles. The summed E-state index contributed by atoms with van der Waals surface area (Å²) in [4.78, 5) is 25.2. The molecule has 0 aromatic carbocycles. The summed E-state index contributed by atoms with van der Waals surface area (Å²) in [6, 6.07) is 5.45. The van der Waals surface area contributed by atoms with Gasteiger partial charge in [0.1, 0.15) is 22.7 Å². The molecule has 4 rings (SSSR count). The number of likely N-dealkylation sites (N-methyl/N-ethyl adjacent to an activating group) is 1. The van der Waals surface area contributed by atoms with Crippen LogP contribution in [0.4, 0.5) is 5.82 Å². The van der Waals surface area contributed by atoms with Gasteiger partial charge in [-0.2, -0.15) is 5.26 Å². The third kappa shape index (κ3) is 6.21. The van der Waals surface area contributed by atoms with Crippen LogP contribution in [0.3, 0.4) is 0 Å². The number of nitrogens with one attached hydrogen (secondary N) is 1. The summed E-state index contributed by atoms with van der Waals surface area (Å²) in [5.41, 5.74) is 2.65. The molecule has 8 nitrogen and oxygen atoms in total. The van der Waals surface area contributed by atoms with Crippen molar-refractivity contribution in [1.29, 1.82) is 5.26 Å². The minimum Gasteiger partial charge on any atom is -0.487 e. The van der Waals surface area contributed by atoms with Crippen LogP contribution in [0, 0.1) is 11.5 Å². The number of pyridine rings is 2. The Morgan fingerprint density at radius 1 is 1.33 bits per heavy atom. The van der Waals surface area contributed by atoms with Crippen LogP contribution in [-0.2, 0) is 11.2 Å². The van der Waals surface area contributed by atoms with Crippen LogP contribution in [0.5, 0.6) is 5.75 Å². The maximum absolute atomic E-state index is 12.6. The van der Waals surface area contributed by atoms with Gasteiger partial charge in [0, 0.05) is 25.4 Å². The first-order valence-electron chi connectivity index (χ1n) is 11.1. The Hall–Kier alpha value is -3.15. The fourth-order valence-electron chi connectivity index (χ4n) is 4.08. The van der Waals surface area contributed by atoms with Gasteiger partial charge in [0.25, 0.3) is 0 Å². The van der Waals surface area contributed by atoms with E-state index in [1.165, 1.54) is 6.20 Å². The van der Waals surface area contributed by atoms with Gasteiger partial charge in [-0.25, -0.2) is 4.98 Å². The highest BCUT2D eigenvalue weighted by Crippen LogP contribution is 2.28. The molecule has 1 N–H and O–H groups in total. The van der Waals surface area contributed by atoms with Crippen molar-refractivity contribution in [3.8, 4) is 11.9 Å². The summed E-state index contributed by atoms with van der Waals surface area (Å²) in [6.45, 7) is 3.21. The summed E-state index contributed by atoms with van der Waals surface area (Å²) in [5, 5.41) is 12.3. The first-order valence-corrected chi connectivity index (χ1v) is 11.5. The largest absolute Gasteiger partial charge is 0.487 e. The van der Waals surface area contributed by atoms with E-state index in [0.717, 1.165) is 55.7 Å². The highest BCUT2D eigenvalue weighted by molar-refractivity contribution is 6.32. The molecule has 0 spiro atoms. The minimum absolute atomic E-state index is 0.0660. The predicted molar refractivity (Wildman–Crippen MR) is 127 cm³/mol. The number of rotatable bonds is 6. The lowest BCUT2D eigenvalue weighted by atomic mass is 10.1. The topological polar surface area (TPSA) is 94.4 Å². The fraction of sp³-hybridized carbons (Fsp3) is 0.417. The Balaban J connectivity index is 1.35. The Labute approximate surface area is 198 Å². The molecule has 2 aliphatic rings. The van der Waals surface area contributed by atoms with E-state index in [0.29, 0.717) is 23.1 Å². The first-order chi connectivity index (χ1) is 16.0. The Morgan fingerprint density at radius 2 is 2.21 bits per heavy atom. The molecule has 0 unspecified atom stereocenters. The van der Waals surface area contributed by atoms with E-state index < -0.39 is 0 Å². The van der Waals surface area contributed by atoms with Crippen LogP contribution < -0.4 is 10.1 Å². The van der Waals surface area contributed by atoms with Gasteiger partial charge in [-0.15, -0.1) is 0 Å². The van der Waals surface area contributed by atoms with E-state index in [2.05, 4.69) is 39.5 Å². The molecule has 2 aromatic rings. The van der Waals surface area contributed by atoms with Crippen molar-refractivity contribution in [2.24, 2.45) is 0 Å². The second kappa shape index (κ2) is 10.6. The van der Waals surface area contributed by atoms with E-state index in [4.69, 9.17) is 21.6 Å². The van der Waals surface area contributed by atoms with Gasteiger partial charge in [-0.3, -0.25) is 9.78 Å². The van der Waals surface area contributed by atoms with Crippen molar-refractivity contribution in [3.63, 3.8) is 0 Å². The molecule has 4 heterocycles. The maximum Gasteiger partial charge on any atom is 0.230 e. The van der Waals surface area contributed by atoms with Gasteiger partial charge < -0.3 is 19.9 Å². The van der Waals surface area contributed by atoms with E-state index in [-0.39, 0.29) is 18.4 Å². The van der Waals surface area contributed by atoms with Crippen molar-refractivity contribution in [2.45, 2.75) is 31.8 Å². The molecule has 0 radical (unpaired) electrons. The molecule has 33 heavy (non-hydrogen) atoms. The number of hydrogen-bond donors (Lipinski definition) is 1. The van der Waals surface area contributed by atoms with Crippen molar-refractivity contribution >= 4 is 28.9 Å². The molecule has 0 saturated carbocycles. The average molecular weight is 467 g/mol. The van der Waals surface area contributed by atoms with Crippen LogP contribution in [-0.4, -0.2) is 65.0 Å². The second-order valence-corrected chi connectivity index (χ2v) is 8.87. The molecular formula is C24H27ClN6O2. The second-order valence-electron chi connectivity index (χ2n) is 8.46. The fourth-order valence-corrected chi connectivity index (χ4v) is 4.23. The van der Waals surface area contributed by atoms with Crippen LogP contribution in [0.2, 0.25) is 5.02 Å². The minimum atomic E-state index is -0.199. The Morgan fingerprint density at radius 3 is 2.97 bits per heavy atom. The van der Waals surface area contributed by atoms with Gasteiger partial charge in [-0.1, -0.05) is 23.7 Å². The molecule has 2 aliphatic heterocycles.